The summed E-state index contributed by atoms with van der Waals surface area (Å²) in [6.07, 6.45) is 5.15. The van der Waals surface area contributed by atoms with Crippen LogP contribution in [0, 0.1) is 18.8 Å². The molecule has 1 saturated carbocycles. The molecule has 0 radical (unpaired) electrons. The highest BCUT2D eigenvalue weighted by Crippen LogP contribution is 2.37. The molecule has 1 fully saturated rings. The summed E-state index contributed by atoms with van der Waals surface area (Å²) in [5.41, 5.74) is 1.76. The smallest absolute Gasteiger partial charge is 0.224 e. The van der Waals surface area contributed by atoms with Crippen molar-refractivity contribution in [1.29, 1.82) is 0 Å². The molecule has 1 heterocycles. The van der Waals surface area contributed by atoms with Gasteiger partial charge in [0.2, 0.25) is 11.7 Å². The van der Waals surface area contributed by atoms with Gasteiger partial charge in [0.1, 0.15) is 11.6 Å². The molecular weight excluding hydrogens is 468 g/mol. The number of carbonyl (C=O) groups is 1. The van der Waals surface area contributed by atoms with Crippen LogP contribution in [0.2, 0.25) is 0 Å². The third-order valence-electron chi connectivity index (χ3n) is 6.75. The zero-order valence-corrected chi connectivity index (χ0v) is 22.9. The molecular formula is C29H40N4O4. The number of carbonyl (C=O) groups excluding carboxylic acids is 1. The molecule has 8 heteroatoms. The van der Waals surface area contributed by atoms with Crippen LogP contribution in [0.5, 0.6) is 17.2 Å². The van der Waals surface area contributed by atoms with Gasteiger partial charge in [-0.25, -0.2) is 9.97 Å². The zero-order chi connectivity index (χ0) is 26.9. The van der Waals surface area contributed by atoms with Crippen molar-refractivity contribution in [2.75, 3.05) is 39.8 Å². The molecule has 0 saturated heterocycles. The lowest BCUT2D eigenvalue weighted by Crippen LogP contribution is -2.32. The van der Waals surface area contributed by atoms with E-state index in [1.54, 1.807) is 12.1 Å². The van der Waals surface area contributed by atoms with Crippen LogP contribution >= 0.6 is 0 Å². The fourth-order valence-corrected chi connectivity index (χ4v) is 4.60. The molecule has 200 valence electrons. The number of phenolic OH excluding ortho intramolecular Hbond substituents is 1. The molecule has 1 aromatic heterocycles. The predicted octanol–water partition coefficient (Wildman–Crippen LogP) is 4.90. The Morgan fingerprint density at radius 3 is 2.27 bits per heavy atom. The van der Waals surface area contributed by atoms with Crippen LogP contribution in [0.15, 0.2) is 36.4 Å². The Morgan fingerprint density at radius 2 is 1.68 bits per heavy atom. The number of amides is 1. The third-order valence-corrected chi connectivity index (χ3v) is 6.75. The molecule has 1 aliphatic carbocycles. The first kappa shape index (κ1) is 28.0. The Kier molecular flexibility index (Phi) is 9.94. The van der Waals surface area contributed by atoms with Crippen LogP contribution in [0.4, 0.5) is 5.82 Å². The molecule has 1 amide bonds. The summed E-state index contributed by atoms with van der Waals surface area (Å²) in [5, 5.41) is 14.0. The number of anilines is 1. The van der Waals surface area contributed by atoms with Crippen LogP contribution in [0.3, 0.4) is 0 Å². The van der Waals surface area contributed by atoms with Crippen molar-refractivity contribution in [2.45, 2.75) is 46.0 Å². The highest BCUT2D eigenvalue weighted by Gasteiger charge is 2.19. The largest absolute Gasteiger partial charge is 0.502 e. The number of hydrogen-bond donors (Lipinski definition) is 2. The van der Waals surface area contributed by atoms with Gasteiger partial charge >= 0.3 is 0 Å². The summed E-state index contributed by atoms with van der Waals surface area (Å²) in [7, 11) is 6.94. The van der Waals surface area contributed by atoms with Crippen LogP contribution in [-0.2, 0) is 11.2 Å². The standard InChI is InChI=1S/C18H27NO4.C11H13N3/c1-12-4-6-13(7-5-12)11-19-17(20)10-14-8-15(22-2)18(21)16(9-14)23-3;1-8-12-10-7-5-4-6-9(10)11(13-8)14(2)3/h8-9,12-13,21H,4-7,10-11H2,1-3H3,(H,19,20);4-7H,1-3H3. The van der Waals surface area contributed by atoms with Gasteiger partial charge in [-0.15, -0.1) is 0 Å². The van der Waals surface area contributed by atoms with E-state index in [1.165, 1.54) is 39.9 Å². The van der Waals surface area contributed by atoms with E-state index in [1.807, 2.05) is 50.2 Å². The molecule has 8 nitrogen and oxygen atoms in total. The van der Waals surface area contributed by atoms with Crippen molar-refractivity contribution in [2.24, 2.45) is 11.8 Å². The van der Waals surface area contributed by atoms with Gasteiger partial charge in [0.15, 0.2) is 11.5 Å². The number of rotatable bonds is 7. The molecule has 2 aromatic carbocycles. The van der Waals surface area contributed by atoms with Crippen molar-refractivity contribution in [1.82, 2.24) is 15.3 Å². The summed E-state index contributed by atoms with van der Waals surface area (Å²) in [5.74, 6) is 3.77. The van der Waals surface area contributed by atoms with Gasteiger partial charge in [-0.1, -0.05) is 31.9 Å². The van der Waals surface area contributed by atoms with Gasteiger partial charge in [0.25, 0.3) is 0 Å². The molecule has 0 bridgehead atoms. The second-order valence-corrected chi connectivity index (χ2v) is 9.96. The number of aromatic hydroxyl groups is 1. The van der Waals surface area contributed by atoms with E-state index in [-0.39, 0.29) is 18.1 Å². The highest BCUT2D eigenvalue weighted by molar-refractivity contribution is 5.89. The third kappa shape index (κ3) is 7.71. The topological polar surface area (TPSA) is 96.8 Å². The number of aryl methyl sites for hydroxylation is 1. The van der Waals surface area contributed by atoms with Gasteiger partial charge in [-0.3, -0.25) is 4.79 Å². The normalized spacial score (nSPS) is 16.9. The number of para-hydroxylation sites is 1. The Morgan fingerprint density at radius 1 is 1.05 bits per heavy atom. The maximum atomic E-state index is 12.1. The predicted molar refractivity (Wildman–Crippen MR) is 148 cm³/mol. The Balaban J connectivity index is 0.000000231. The highest BCUT2D eigenvalue weighted by atomic mass is 16.5. The summed E-state index contributed by atoms with van der Waals surface area (Å²) >= 11 is 0. The fourth-order valence-electron chi connectivity index (χ4n) is 4.60. The van der Waals surface area contributed by atoms with Crippen molar-refractivity contribution in [3.05, 3.63) is 47.8 Å². The molecule has 0 aliphatic heterocycles. The van der Waals surface area contributed by atoms with Gasteiger partial charge in [-0.2, -0.15) is 0 Å². The second-order valence-electron chi connectivity index (χ2n) is 9.96. The number of phenols is 1. The minimum atomic E-state index is -0.0458. The number of ether oxygens (including phenoxy) is 2. The minimum absolute atomic E-state index is 0.0154. The molecule has 0 atom stereocenters. The number of methoxy groups -OCH3 is 2. The number of benzene rings is 2. The van der Waals surface area contributed by atoms with Gasteiger partial charge in [0, 0.05) is 26.0 Å². The average Bonchev–Trinajstić information content (AvgIpc) is 2.89. The molecule has 0 spiro atoms. The van der Waals surface area contributed by atoms with E-state index in [9.17, 15) is 9.90 Å². The van der Waals surface area contributed by atoms with Crippen LogP contribution in [0.1, 0.15) is 44.0 Å². The summed E-state index contributed by atoms with van der Waals surface area (Å²) < 4.78 is 10.2. The lowest BCUT2D eigenvalue weighted by molar-refractivity contribution is -0.120. The van der Waals surface area contributed by atoms with E-state index in [2.05, 4.69) is 22.2 Å². The van der Waals surface area contributed by atoms with Crippen LogP contribution in [0.25, 0.3) is 10.9 Å². The first-order chi connectivity index (χ1) is 17.7. The quantitative estimate of drug-likeness (QED) is 0.469. The van der Waals surface area contributed by atoms with Crippen molar-refractivity contribution < 1.29 is 19.4 Å². The van der Waals surface area contributed by atoms with E-state index in [0.29, 0.717) is 17.4 Å². The molecule has 37 heavy (non-hydrogen) atoms. The zero-order valence-electron chi connectivity index (χ0n) is 22.9. The second kappa shape index (κ2) is 13.1. The molecule has 2 N–H and O–H groups in total. The lowest BCUT2D eigenvalue weighted by atomic mass is 9.83. The van der Waals surface area contributed by atoms with Crippen molar-refractivity contribution in [3.63, 3.8) is 0 Å². The van der Waals surface area contributed by atoms with Crippen LogP contribution in [-0.4, -0.2) is 55.8 Å². The molecule has 1 aliphatic rings. The van der Waals surface area contributed by atoms with Crippen LogP contribution < -0.4 is 19.7 Å². The number of nitrogens with zero attached hydrogens (tertiary/aromatic N) is 3. The number of nitrogens with one attached hydrogen (secondary N) is 1. The lowest BCUT2D eigenvalue weighted by Gasteiger charge is -2.26. The van der Waals surface area contributed by atoms with Gasteiger partial charge in [0.05, 0.1) is 26.2 Å². The van der Waals surface area contributed by atoms with Crippen molar-refractivity contribution in [3.8, 4) is 17.2 Å². The van der Waals surface area contributed by atoms with Gasteiger partial charge < -0.3 is 24.8 Å². The molecule has 0 unspecified atom stereocenters. The van der Waals surface area contributed by atoms with E-state index < -0.39 is 0 Å². The summed E-state index contributed by atoms with van der Waals surface area (Å²) in [4.78, 5) is 23.0. The minimum Gasteiger partial charge on any atom is -0.502 e. The van der Waals surface area contributed by atoms with Gasteiger partial charge in [-0.05, 0) is 61.4 Å². The summed E-state index contributed by atoms with van der Waals surface area (Å²) in [6.45, 7) is 4.96. The fraction of sp³-hybridized carbons (Fsp3) is 0.483. The maximum absolute atomic E-state index is 12.1. The molecule has 3 aromatic rings. The molecule has 4 rings (SSSR count). The Labute approximate surface area is 220 Å². The average molecular weight is 509 g/mol. The first-order valence-corrected chi connectivity index (χ1v) is 12.8. The summed E-state index contributed by atoms with van der Waals surface area (Å²) in [6, 6.07) is 11.4. The number of fused-ring (bicyclic) bond motifs is 1. The number of hydrogen-bond acceptors (Lipinski definition) is 7. The van der Waals surface area contributed by atoms with E-state index in [0.717, 1.165) is 40.6 Å². The Bertz CT molecular complexity index is 1160. The monoisotopic (exact) mass is 508 g/mol. The van der Waals surface area contributed by atoms with Crippen molar-refractivity contribution >= 4 is 22.6 Å². The SMILES string of the molecule is COc1cc(CC(=O)NCC2CCC(C)CC2)cc(OC)c1O.Cc1nc(N(C)C)c2ccccc2n1. The number of aromatic nitrogens is 2. The van der Waals surface area contributed by atoms with E-state index >= 15 is 0 Å². The Hall–Kier alpha value is -3.55. The maximum Gasteiger partial charge on any atom is 0.224 e. The first-order valence-electron chi connectivity index (χ1n) is 12.8. The van der Waals surface area contributed by atoms with E-state index in [4.69, 9.17) is 9.47 Å².